The highest BCUT2D eigenvalue weighted by Crippen LogP contribution is 2.24. The SMILES string of the molecule is CC(C)(C)c1ccc(NC(=O)c2ccc(F)cc2O)cc1. The van der Waals surface area contributed by atoms with Gasteiger partial charge in [0.2, 0.25) is 0 Å². The number of phenolic OH excluding ortho intramolecular Hbond substituents is 1. The maximum absolute atomic E-state index is 12.9. The molecule has 21 heavy (non-hydrogen) atoms. The van der Waals surface area contributed by atoms with Crippen molar-refractivity contribution < 1.29 is 14.3 Å². The lowest BCUT2D eigenvalue weighted by molar-refractivity contribution is 0.102. The smallest absolute Gasteiger partial charge is 0.259 e. The number of carbonyl (C=O) groups excluding carboxylic acids is 1. The molecule has 0 aromatic heterocycles. The maximum Gasteiger partial charge on any atom is 0.259 e. The summed E-state index contributed by atoms with van der Waals surface area (Å²) < 4.78 is 12.9. The third-order valence-corrected chi connectivity index (χ3v) is 3.21. The Balaban J connectivity index is 2.16. The quantitative estimate of drug-likeness (QED) is 0.874. The van der Waals surface area contributed by atoms with Gasteiger partial charge in [-0.15, -0.1) is 0 Å². The van der Waals surface area contributed by atoms with Crippen LogP contribution >= 0.6 is 0 Å². The maximum atomic E-state index is 12.9. The van der Waals surface area contributed by atoms with Crippen molar-refractivity contribution in [3.8, 4) is 5.75 Å². The largest absolute Gasteiger partial charge is 0.507 e. The molecular formula is C17H18FNO2. The van der Waals surface area contributed by atoms with Gasteiger partial charge in [-0.2, -0.15) is 0 Å². The molecule has 0 atom stereocenters. The molecule has 3 nitrogen and oxygen atoms in total. The molecule has 1 amide bonds. The standard InChI is InChI=1S/C17H18FNO2/c1-17(2,3)11-4-7-13(8-5-11)19-16(21)14-9-6-12(18)10-15(14)20/h4-10,20H,1-3H3,(H,19,21). The molecule has 0 bridgehead atoms. The predicted molar refractivity (Wildman–Crippen MR) is 81.2 cm³/mol. The van der Waals surface area contributed by atoms with Crippen LogP contribution in [0.2, 0.25) is 0 Å². The van der Waals surface area contributed by atoms with Crippen molar-refractivity contribution in [1.29, 1.82) is 0 Å². The minimum absolute atomic E-state index is 0.0382. The molecule has 0 spiro atoms. The van der Waals surface area contributed by atoms with Crippen molar-refractivity contribution in [3.63, 3.8) is 0 Å². The van der Waals surface area contributed by atoms with Crippen LogP contribution in [-0.4, -0.2) is 11.0 Å². The minimum Gasteiger partial charge on any atom is -0.507 e. The van der Waals surface area contributed by atoms with E-state index < -0.39 is 11.7 Å². The summed E-state index contributed by atoms with van der Waals surface area (Å²) in [6.07, 6.45) is 0. The summed E-state index contributed by atoms with van der Waals surface area (Å²) in [6.45, 7) is 6.32. The number of hydrogen-bond acceptors (Lipinski definition) is 2. The van der Waals surface area contributed by atoms with Gasteiger partial charge in [-0.1, -0.05) is 32.9 Å². The summed E-state index contributed by atoms with van der Waals surface area (Å²) in [4.78, 5) is 12.0. The second-order valence-electron chi connectivity index (χ2n) is 5.94. The number of carbonyl (C=O) groups is 1. The van der Waals surface area contributed by atoms with E-state index in [2.05, 4.69) is 26.1 Å². The lowest BCUT2D eigenvalue weighted by Crippen LogP contribution is -2.13. The Hall–Kier alpha value is -2.36. The molecule has 110 valence electrons. The molecular weight excluding hydrogens is 269 g/mol. The Bertz CT molecular complexity index is 657. The molecule has 2 rings (SSSR count). The van der Waals surface area contributed by atoms with Crippen LogP contribution in [0.5, 0.6) is 5.75 Å². The summed E-state index contributed by atoms with van der Waals surface area (Å²) in [5, 5.41) is 12.3. The topological polar surface area (TPSA) is 49.3 Å². The number of anilines is 1. The highest BCUT2D eigenvalue weighted by Gasteiger charge is 2.15. The van der Waals surface area contributed by atoms with Crippen LogP contribution < -0.4 is 5.32 Å². The Kier molecular flexibility index (Phi) is 3.98. The zero-order valence-electron chi connectivity index (χ0n) is 12.3. The number of hydrogen-bond donors (Lipinski definition) is 2. The van der Waals surface area contributed by atoms with E-state index in [4.69, 9.17) is 0 Å². The summed E-state index contributed by atoms with van der Waals surface area (Å²) in [5.41, 5.74) is 1.86. The van der Waals surface area contributed by atoms with Gasteiger partial charge < -0.3 is 10.4 Å². The zero-order chi connectivity index (χ0) is 15.6. The molecule has 0 heterocycles. The monoisotopic (exact) mass is 287 g/mol. The average molecular weight is 287 g/mol. The first-order valence-electron chi connectivity index (χ1n) is 6.68. The lowest BCUT2D eigenvalue weighted by Gasteiger charge is -2.19. The molecule has 0 fully saturated rings. The third kappa shape index (κ3) is 3.60. The van der Waals surface area contributed by atoms with Gasteiger partial charge in [0, 0.05) is 11.8 Å². The molecule has 0 unspecified atom stereocenters. The van der Waals surface area contributed by atoms with Crippen LogP contribution in [0.1, 0.15) is 36.7 Å². The molecule has 0 aliphatic heterocycles. The normalized spacial score (nSPS) is 11.2. The summed E-state index contributed by atoms with van der Waals surface area (Å²) in [7, 11) is 0. The fraction of sp³-hybridized carbons (Fsp3) is 0.235. The van der Waals surface area contributed by atoms with Gasteiger partial charge in [-0.3, -0.25) is 4.79 Å². The van der Waals surface area contributed by atoms with E-state index in [9.17, 15) is 14.3 Å². The second kappa shape index (κ2) is 5.56. The van der Waals surface area contributed by atoms with Gasteiger partial charge in [0.05, 0.1) is 5.56 Å². The van der Waals surface area contributed by atoms with E-state index in [0.717, 1.165) is 17.7 Å². The molecule has 0 aliphatic rings. The Morgan fingerprint density at radius 1 is 1.10 bits per heavy atom. The zero-order valence-corrected chi connectivity index (χ0v) is 12.3. The molecule has 2 N–H and O–H groups in total. The first kappa shape index (κ1) is 15.0. The first-order valence-corrected chi connectivity index (χ1v) is 6.68. The van der Waals surface area contributed by atoms with Crippen molar-refractivity contribution in [1.82, 2.24) is 0 Å². The fourth-order valence-corrected chi connectivity index (χ4v) is 1.95. The van der Waals surface area contributed by atoms with Crippen molar-refractivity contribution in [3.05, 3.63) is 59.4 Å². The van der Waals surface area contributed by atoms with Gasteiger partial charge in [0.1, 0.15) is 11.6 Å². The van der Waals surface area contributed by atoms with E-state index >= 15 is 0 Å². The number of rotatable bonds is 2. The highest BCUT2D eigenvalue weighted by atomic mass is 19.1. The predicted octanol–water partition coefficient (Wildman–Crippen LogP) is 4.08. The van der Waals surface area contributed by atoms with Crippen LogP contribution in [0.4, 0.5) is 10.1 Å². The van der Waals surface area contributed by atoms with Crippen LogP contribution in [0.15, 0.2) is 42.5 Å². The van der Waals surface area contributed by atoms with E-state index in [-0.39, 0.29) is 16.7 Å². The molecule has 2 aromatic carbocycles. The number of phenols is 1. The summed E-state index contributed by atoms with van der Waals surface area (Å²) in [6, 6.07) is 10.8. The molecule has 0 radical (unpaired) electrons. The van der Waals surface area contributed by atoms with E-state index in [1.807, 2.05) is 12.1 Å². The van der Waals surface area contributed by atoms with Gasteiger partial charge in [0.25, 0.3) is 5.91 Å². The molecule has 0 saturated heterocycles. The Labute approximate surface area is 123 Å². The van der Waals surface area contributed by atoms with E-state index in [1.54, 1.807) is 12.1 Å². The average Bonchev–Trinajstić information content (AvgIpc) is 2.38. The molecule has 2 aromatic rings. The van der Waals surface area contributed by atoms with Gasteiger partial charge >= 0.3 is 0 Å². The van der Waals surface area contributed by atoms with E-state index in [1.165, 1.54) is 6.07 Å². The van der Waals surface area contributed by atoms with E-state index in [0.29, 0.717) is 5.69 Å². The number of nitrogens with one attached hydrogen (secondary N) is 1. The molecule has 0 aliphatic carbocycles. The van der Waals surface area contributed by atoms with Crippen molar-refractivity contribution in [2.45, 2.75) is 26.2 Å². The van der Waals surface area contributed by atoms with Crippen molar-refractivity contribution in [2.24, 2.45) is 0 Å². The van der Waals surface area contributed by atoms with Gasteiger partial charge in [0.15, 0.2) is 0 Å². The van der Waals surface area contributed by atoms with Crippen LogP contribution in [-0.2, 0) is 5.41 Å². The highest BCUT2D eigenvalue weighted by molar-refractivity contribution is 6.06. The summed E-state index contributed by atoms with van der Waals surface area (Å²) >= 11 is 0. The van der Waals surface area contributed by atoms with Crippen molar-refractivity contribution in [2.75, 3.05) is 5.32 Å². The molecule has 4 heteroatoms. The Morgan fingerprint density at radius 2 is 1.71 bits per heavy atom. The molecule has 0 saturated carbocycles. The van der Waals surface area contributed by atoms with Gasteiger partial charge in [-0.05, 0) is 35.2 Å². The minimum atomic E-state index is -0.585. The second-order valence-corrected chi connectivity index (χ2v) is 5.94. The number of aromatic hydroxyl groups is 1. The van der Waals surface area contributed by atoms with Gasteiger partial charge in [-0.25, -0.2) is 4.39 Å². The first-order chi connectivity index (χ1) is 9.77. The fourth-order valence-electron chi connectivity index (χ4n) is 1.95. The van der Waals surface area contributed by atoms with Crippen LogP contribution in [0.3, 0.4) is 0 Å². The van der Waals surface area contributed by atoms with Crippen LogP contribution in [0, 0.1) is 5.82 Å². The Morgan fingerprint density at radius 3 is 2.24 bits per heavy atom. The number of benzene rings is 2. The number of halogens is 1. The number of amides is 1. The van der Waals surface area contributed by atoms with Crippen molar-refractivity contribution >= 4 is 11.6 Å². The third-order valence-electron chi connectivity index (χ3n) is 3.21. The summed E-state index contributed by atoms with van der Waals surface area (Å²) in [5.74, 6) is -1.44. The van der Waals surface area contributed by atoms with Crippen LogP contribution in [0.25, 0.3) is 0 Å². The lowest BCUT2D eigenvalue weighted by atomic mass is 9.87.